The van der Waals surface area contributed by atoms with E-state index < -0.39 is 5.97 Å². The molecule has 2 aromatic rings. The van der Waals surface area contributed by atoms with Crippen LogP contribution in [0, 0.1) is 12.8 Å². The maximum atomic E-state index is 11.7. The Kier molecular flexibility index (Phi) is 3.87. The number of hydrogen-bond donors (Lipinski definition) is 2. The van der Waals surface area contributed by atoms with Gasteiger partial charge in [-0.15, -0.1) is 0 Å². The standard InChI is InChI=1S/C22H23NO2/c1-3-14-8-10-15(11-9-14)21-17-6-4-5-16(17)19-18(22(24)25)12-7-13(2)20(19)23-21/h4-5,7-12,16-17,21,23H,3,6H2,1-2H3,(H,24,25)/t16-,17+,21+/m1/s1. The van der Waals surface area contributed by atoms with Crippen molar-refractivity contribution in [1.29, 1.82) is 0 Å². The first kappa shape index (κ1) is 15.9. The number of anilines is 1. The Morgan fingerprint density at radius 1 is 1.20 bits per heavy atom. The summed E-state index contributed by atoms with van der Waals surface area (Å²) in [6.45, 7) is 4.21. The molecule has 2 aliphatic rings. The third kappa shape index (κ3) is 2.55. The molecule has 0 saturated heterocycles. The highest BCUT2D eigenvalue weighted by atomic mass is 16.4. The van der Waals surface area contributed by atoms with Crippen molar-refractivity contribution in [2.24, 2.45) is 5.92 Å². The first-order valence-corrected chi connectivity index (χ1v) is 8.99. The van der Waals surface area contributed by atoms with Gasteiger partial charge in [-0.05, 0) is 54.0 Å². The first-order valence-electron chi connectivity index (χ1n) is 8.99. The molecular weight excluding hydrogens is 310 g/mol. The molecule has 1 aliphatic heterocycles. The van der Waals surface area contributed by atoms with Crippen molar-refractivity contribution in [1.82, 2.24) is 0 Å². The van der Waals surface area contributed by atoms with E-state index in [0.29, 0.717) is 11.5 Å². The number of aromatic carboxylic acids is 1. The SMILES string of the molecule is CCc1ccc([C@@H]2Nc3c(C)ccc(C(=O)O)c3[C@@H]3C=CC[C@@H]32)cc1. The lowest BCUT2D eigenvalue weighted by Crippen LogP contribution is -2.31. The van der Waals surface area contributed by atoms with Gasteiger partial charge in [0, 0.05) is 11.6 Å². The predicted molar refractivity (Wildman–Crippen MR) is 100 cm³/mol. The molecule has 1 heterocycles. The summed E-state index contributed by atoms with van der Waals surface area (Å²) in [7, 11) is 0. The largest absolute Gasteiger partial charge is 0.478 e. The Morgan fingerprint density at radius 2 is 1.96 bits per heavy atom. The summed E-state index contributed by atoms with van der Waals surface area (Å²) in [5.41, 5.74) is 6.10. The van der Waals surface area contributed by atoms with Gasteiger partial charge in [-0.2, -0.15) is 0 Å². The molecule has 0 fully saturated rings. The second-order valence-electron chi connectivity index (χ2n) is 7.09. The Bertz CT molecular complexity index is 851. The lowest BCUT2D eigenvalue weighted by atomic mass is 9.74. The van der Waals surface area contributed by atoms with Crippen molar-refractivity contribution in [2.75, 3.05) is 5.32 Å². The van der Waals surface area contributed by atoms with Crippen molar-refractivity contribution >= 4 is 11.7 Å². The van der Waals surface area contributed by atoms with E-state index in [1.54, 1.807) is 6.07 Å². The van der Waals surface area contributed by atoms with Crippen molar-refractivity contribution in [2.45, 2.75) is 38.6 Å². The maximum absolute atomic E-state index is 11.7. The number of carboxylic acids is 1. The number of benzene rings is 2. The number of hydrogen-bond acceptors (Lipinski definition) is 2. The highest BCUT2D eigenvalue weighted by Gasteiger charge is 2.40. The van der Waals surface area contributed by atoms with Crippen molar-refractivity contribution in [3.8, 4) is 0 Å². The van der Waals surface area contributed by atoms with Crippen LogP contribution in [-0.4, -0.2) is 11.1 Å². The molecule has 3 atom stereocenters. The second-order valence-corrected chi connectivity index (χ2v) is 7.09. The van der Waals surface area contributed by atoms with Gasteiger partial charge < -0.3 is 10.4 Å². The van der Waals surface area contributed by atoms with E-state index in [9.17, 15) is 9.90 Å². The molecule has 0 aromatic heterocycles. The number of nitrogens with one attached hydrogen (secondary N) is 1. The molecule has 128 valence electrons. The molecule has 4 rings (SSSR count). The molecule has 0 amide bonds. The second kappa shape index (κ2) is 6.07. The summed E-state index contributed by atoms with van der Waals surface area (Å²) in [4.78, 5) is 11.7. The van der Waals surface area contributed by atoms with E-state index in [-0.39, 0.29) is 12.0 Å². The molecule has 25 heavy (non-hydrogen) atoms. The molecule has 0 bridgehead atoms. The zero-order chi connectivity index (χ0) is 17.6. The minimum Gasteiger partial charge on any atom is -0.478 e. The summed E-state index contributed by atoms with van der Waals surface area (Å²) >= 11 is 0. The number of allylic oxidation sites excluding steroid dienone is 2. The molecule has 2 N–H and O–H groups in total. The van der Waals surface area contributed by atoms with Crippen molar-refractivity contribution < 1.29 is 9.90 Å². The van der Waals surface area contributed by atoms with Crippen LogP contribution in [-0.2, 0) is 6.42 Å². The van der Waals surface area contributed by atoms with Crippen LogP contribution in [0.15, 0.2) is 48.6 Å². The average molecular weight is 333 g/mol. The van der Waals surface area contributed by atoms with E-state index >= 15 is 0 Å². The van der Waals surface area contributed by atoms with Crippen molar-refractivity contribution in [3.05, 3.63) is 76.4 Å². The third-order valence-corrected chi connectivity index (χ3v) is 5.71. The fourth-order valence-corrected chi connectivity index (χ4v) is 4.33. The molecule has 0 spiro atoms. The van der Waals surface area contributed by atoms with E-state index in [2.05, 4.69) is 48.7 Å². The topological polar surface area (TPSA) is 49.3 Å². The van der Waals surface area contributed by atoms with E-state index in [1.165, 1.54) is 11.1 Å². The molecule has 0 saturated carbocycles. The monoisotopic (exact) mass is 333 g/mol. The summed E-state index contributed by atoms with van der Waals surface area (Å²) < 4.78 is 0. The van der Waals surface area contributed by atoms with Gasteiger partial charge in [0.1, 0.15) is 0 Å². The Hall–Kier alpha value is -2.55. The fourth-order valence-electron chi connectivity index (χ4n) is 4.33. The van der Waals surface area contributed by atoms with E-state index in [0.717, 1.165) is 29.7 Å². The average Bonchev–Trinajstić information content (AvgIpc) is 3.11. The van der Waals surface area contributed by atoms with Gasteiger partial charge in [0.15, 0.2) is 0 Å². The number of rotatable bonds is 3. The normalized spacial score (nSPS) is 23.7. The number of carbonyl (C=O) groups is 1. The molecule has 0 unspecified atom stereocenters. The minimum atomic E-state index is -0.845. The fraction of sp³-hybridized carbons (Fsp3) is 0.318. The number of aryl methyl sites for hydroxylation is 2. The zero-order valence-corrected chi connectivity index (χ0v) is 14.6. The van der Waals surface area contributed by atoms with Gasteiger partial charge in [0.25, 0.3) is 0 Å². The molecule has 0 radical (unpaired) electrons. The van der Waals surface area contributed by atoms with Crippen LogP contribution in [0.4, 0.5) is 5.69 Å². The van der Waals surface area contributed by atoms with Gasteiger partial charge >= 0.3 is 5.97 Å². The molecule has 1 aliphatic carbocycles. The molecule has 2 aromatic carbocycles. The lowest BCUT2D eigenvalue weighted by molar-refractivity contribution is 0.0695. The van der Waals surface area contributed by atoms with Gasteiger partial charge in [-0.3, -0.25) is 0 Å². The van der Waals surface area contributed by atoms with Gasteiger partial charge in [0.05, 0.1) is 11.6 Å². The van der Waals surface area contributed by atoms with Gasteiger partial charge in [-0.1, -0.05) is 49.4 Å². The quantitative estimate of drug-likeness (QED) is 0.770. The predicted octanol–water partition coefficient (Wildman–Crippen LogP) is 5.08. The van der Waals surface area contributed by atoms with Gasteiger partial charge in [0.2, 0.25) is 0 Å². The minimum absolute atomic E-state index is 0.165. The van der Waals surface area contributed by atoms with Crippen LogP contribution in [0.2, 0.25) is 0 Å². The number of carboxylic acid groups (broad SMARTS) is 1. The Morgan fingerprint density at radius 3 is 2.64 bits per heavy atom. The van der Waals surface area contributed by atoms with Crippen molar-refractivity contribution in [3.63, 3.8) is 0 Å². The number of fused-ring (bicyclic) bond motifs is 3. The summed E-state index contributed by atoms with van der Waals surface area (Å²) in [6, 6.07) is 12.7. The highest BCUT2D eigenvalue weighted by molar-refractivity contribution is 5.93. The molecular formula is C22H23NO2. The van der Waals surface area contributed by atoms with Crippen LogP contribution in [0.25, 0.3) is 0 Å². The zero-order valence-electron chi connectivity index (χ0n) is 14.6. The first-order chi connectivity index (χ1) is 12.1. The van der Waals surface area contributed by atoms with Gasteiger partial charge in [-0.25, -0.2) is 4.79 Å². The van der Waals surface area contributed by atoms with E-state index in [4.69, 9.17) is 0 Å². The third-order valence-electron chi connectivity index (χ3n) is 5.71. The summed E-state index contributed by atoms with van der Waals surface area (Å²) in [5.74, 6) is -0.319. The molecule has 3 nitrogen and oxygen atoms in total. The molecule has 3 heteroatoms. The Balaban J connectivity index is 1.82. The highest BCUT2D eigenvalue weighted by Crippen LogP contribution is 2.51. The van der Waals surface area contributed by atoms with Crippen LogP contribution in [0.5, 0.6) is 0 Å². The van der Waals surface area contributed by atoms with Crippen LogP contribution in [0.3, 0.4) is 0 Å². The summed E-state index contributed by atoms with van der Waals surface area (Å²) in [5, 5.41) is 13.3. The van der Waals surface area contributed by atoms with Crippen LogP contribution in [0.1, 0.15) is 57.9 Å². The lowest BCUT2D eigenvalue weighted by Gasteiger charge is -2.39. The smallest absolute Gasteiger partial charge is 0.336 e. The summed E-state index contributed by atoms with van der Waals surface area (Å²) in [6.07, 6.45) is 6.41. The van der Waals surface area contributed by atoms with E-state index in [1.807, 2.05) is 13.0 Å². The maximum Gasteiger partial charge on any atom is 0.336 e. The van der Waals surface area contributed by atoms with Crippen LogP contribution >= 0.6 is 0 Å². The van der Waals surface area contributed by atoms with Crippen LogP contribution < -0.4 is 5.32 Å². The Labute approximate surface area is 148 Å².